The van der Waals surface area contributed by atoms with E-state index in [-0.39, 0.29) is 6.42 Å². The number of hydrogen-bond donors (Lipinski definition) is 1. The molecule has 0 spiro atoms. The van der Waals surface area contributed by atoms with Gasteiger partial charge in [0, 0.05) is 6.42 Å². The molecule has 0 saturated carbocycles. The van der Waals surface area contributed by atoms with Gasteiger partial charge in [-0.1, -0.05) is 24.3 Å². The normalized spacial score (nSPS) is 12.4. The zero-order valence-corrected chi connectivity index (χ0v) is 8.03. The molecule has 0 aliphatic carbocycles. The molecule has 1 rings (SSSR count). The summed E-state index contributed by atoms with van der Waals surface area (Å²) in [6, 6.07) is 7.00. The third-order valence-electron chi connectivity index (χ3n) is 1.90. The standard InChI is InChI=1S/C11H13FO2/c1-8(12)6-9-2-4-10(5-3-9)7-11(13)14/h2-5,8H,6-7H2,1H3,(H,13,14). The maximum atomic E-state index is 12.6. The monoisotopic (exact) mass is 196 g/mol. The number of carboxylic acids is 1. The fourth-order valence-corrected chi connectivity index (χ4v) is 1.29. The highest BCUT2D eigenvalue weighted by Crippen LogP contribution is 2.08. The van der Waals surface area contributed by atoms with Gasteiger partial charge in [0.15, 0.2) is 0 Å². The number of rotatable bonds is 4. The average molecular weight is 196 g/mol. The Labute approximate surface area is 82.4 Å². The second-order valence-electron chi connectivity index (χ2n) is 3.37. The van der Waals surface area contributed by atoms with Gasteiger partial charge >= 0.3 is 5.97 Å². The Bertz CT molecular complexity index is 304. The number of carboxylic acid groups (broad SMARTS) is 1. The van der Waals surface area contributed by atoms with Crippen LogP contribution in [0.15, 0.2) is 24.3 Å². The van der Waals surface area contributed by atoms with Gasteiger partial charge in [-0.05, 0) is 18.1 Å². The summed E-state index contributed by atoms with van der Waals surface area (Å²) in [5.41, 5.74) is 1.64. The lowest BCUT2D eigenvalue weighted by molar-refractivity contribution is -0.136. The molecule has 1 unspecified atom stereocenters. The SMILES string of the molecule is CC(F)Cc1ccc(CC(=O)O)cc1. The van der Waals surface area contributed by atoms with Gasteiger partial charge in [-0.2, -0.15) is 0 Å². The zero-order chi connectivity index (χ0) is 10.6. The molecule has 3 heteroatoms. The second-order valence-corrected chi connectivity index (χ2v) is 3.37. The summed E-state index contributed by atoms with van der Waals surface area (Å²) < 4.78 is 12.6. The van der Waals surface area contributed by atoms with E-state index in [1.807, 2.05) is 0 Å². The number of alkyl halides is 1. The third-order valence-corrected chi connectivity index (χ3v) is 1.90. The molecule has 0 amide bonds. The second kappa shape index (κ2) is 4.74. The van der Waals surface area contributed by atoms with Crippen molar-refractivity contribution in [1.82, 2.24) is 0 Å². The molecular weight excluding hydrogens is 183 g/mol. The number of aliphatic carboxylic acids is 1. The van der Waals surface area contributed by atoms with Crippen LogP contribution in [-0.2, 0) is 17.6 Å². The molecule has 0 aliphatic heterocycles. The smallest absolute Gasteiger partial charge is 0.307 e. The fourth-order valence-electron chi connectivity index (χ4n) is 1.29. The number of hydrogen-bond acceptors (Lipinski definition) is 1. The molecule has 1 aromatic carbocycles. The molecule has 0 saturated heterocycles. The molecule has 0 aliphatic rings. The summed E-state index contributed by atoms with van der Waals surface area (Å²) in [4.78, 5) is 10.4. The van der Waals surface area contributed by atoms with Crippen LogP contribution in [0.1, 0.15) is 18.1 Å². The Morgan fingerprint density at radius 2 is 1.86 bits per heavy atom. The van der Waals surface area contributed by atoms with E-state index in [1.54, 1.807) is 24.3 Å². The summed E-state index contributed by atoms with van der Waals surface area (Å²) in [6.45, 7) is 1.51. The Kier molecular flexibility index (Phi) is 3.63. The van der Waals surface area contributed by atoms with Crippen molar-refractivity contribution in [2.24, 2.45) is 0 Å². The molecule has 0 radical (unpaired) electrons. The lowest BCUT2D eigenvalue weighted by Crippen LogP contribution is -2.01. The quantitative estimate of drug-likeness (QED) is 0.801. The highest BCUT2D eigenvalue weighted by atomic mass is 19.1. The summed E-state index contributed by atoms with van der Waals surface area (Å²) in [5, 5.41) is 8.52. The van der Waals surface area contributed by atoms with Gasteiger partial charge in [-0.25, -0.2) is 4.39 Å². The summed E-state index contributed by atoms with van der Waals surface area (Å²) in [7, 11) is 0. The van der Waals surface area contributed by atoms with Crippen LogP contribution in [0.25, 0.3) is 0 Å². The predicted octanol–water partition coefficient (Wildman–Crippen LogP) is 2.21. The van der Waals surface area contributed by atoms with E-state index in [0.717, 1.165) is 11.1 Å². The van der Waals surface area contributed by atoms with Crippen molar-refractivity contribution in [3.63, 3.8) is 0 Å². The average Bonchev–Trinajstić information content (AvgIpc) is 2.06. The van der Waals surface area contributed by atoms with Crippen molar-refractivity contribution < 1.29 is 14.3 Å². The van der Waals surface area contributed by atoms with Crippen molar-refractivity contribution in [1.29, 1.82) is 0 Å². The first-order chi connectivity index (χ1) is 6.58. The van der Waals surface area contributed by atoms with Crippen LogP contribution < -0.4 is 0 Å². The van der Waals surface area contributed by atoms with Crippen LogP contribution in [0.5, 0.6) is 0 Å². The molecule has 14 heavy (non-hydrogen) atoms. The molecule has 0 bridgehead atoms. The molecule has 1 aromatic rings. The molecule has 1 N–H and O–H groups in total. The molecule has 0 fully saturated rings. The van der Waals surface area contributed by atoms with E-state index in [1.165, 1.54) is 6.92 Å². The summed E-state index contributed by atoms with van der Waals surface area (Å²) in [6.07, 6.45) is -0.459. The minimum atomic E-state index is -0.861. The van der Waals surface area contributed by atoms with Gasteiger partial charge in [0.05, 0.1) is 6.42 Å². The van der Waals surface area contributed by atoms with Crippen molar-refractivity contribution in [2.45, 2.75) is 25.9 Å². The highest BCUT2D eigenvalue weighted by molar-refractivity contribution is 5.70. The van der Waals surface area contributed by atoms with E-state index < -0.39 is 12.1 Å². The first kappa shape index (κ1) is 10.7. The van der Waals surface area contributed by atoms with Crippen LogP contribution in [-0.4, -0.2) is 17.2 Å². The van der Waals surface area contributed by atoms with Crippen molar-refractivity contribution >= 4 is 5.97 Å². The zero-order valence-electron chi connectivity index (χ0n) is 8.03. The maximum absolute atomic E-state index is 12.6. The molecule has 0 heterocycles. The van der Waals surface area contributed by atoms with Gasteiger partial charge in [-0.15, -0.1) is 0 Å². The lowest BCUT2D eigenvalue weighted by atomic mass is 10.1. The van der Waals surface area contributed by atoms with Gasteiger partial charge in [0.1, 0.15) is 6.17 Å². The predicted molar refractivity (Wildman–Crippen MR) is 52.1 cm³/mol. The third kappa shape index (κ3) is 3.56. The molecular formula is C11H13FO2. The Morgan fingerprint density at radius 1 is 1.36 bits per heavy atom. The Balaban J connectivity index is 2.63. The van der Waals surface area contributed by atoms with Gasteiger partial charge in [0.2, 0.25) is 0 Å². The molecule has 76 valence electrons. The van der Waals surface area contributed by atoms with Gasteiger partial charge in [-0.3, -0.25) is 4.79 Å². The minimum absolute atomic E-state index is 0.0193. The van der Waals surface area contributed by atoms with E-state index >= 15 is 0 Å². The number of halogens is 1. The number of benzene rings is 1. The topological polar surface area (TPSA) is 37.3 Å². The van der Waals surface area contributed by atoms with E-state index in [9.17, 15) is 9.18 Å². The van der Waals surface area contributed by atoms with Crippen LogP contribution in [0.2, 0.25) is 0 Å². The molecule has 0 aromatic heterocycles. The van der Waals surface area contributed by atoms with E-state index in [2.05, 4.69) is 0 Å². The minimum Gasteiger partial charge on any atom is -0.481 e. The summed E-state index contributed by atoms with van der Waals surface area (Å²) in [5.74, 6) is -0.850. The lowest BCUT2D eigenvalue weighted by Gasteiger charge is -2.03. The van der Waals surface area contributed by atoms with Crippen LogP contribution in [0, 0.1) is 0 Å². The van der Waals surface area contributed by atoms with Crippen molar-refractivity contribution in [2.75, 3.05) is 0 Å². The van der Waals surface area contributed by atoms with Crippen LogP contribution >= 0.6 is 0 Å². The van der Waals surface area contributed by atoms with Crippen LogP contribution in [0.4, 0.5) is 4.39 Å². The fraction of sp³-hybridized carbons (Fsp3) is 0.364. The molecule has 1 atom stereocenters. The largest absolute Gasteiger partial charge is 0.481 e. The maximum Gasteiger partial charge on any atom is 0.307 e. The number of carbonyl (C=O) groups is 1. The van der Waals surface area contributed by atoms with E-state index in [0.29, 0.717) is 6.42 Å². The Morgan fingerprint density at radius 3 is 2.29 bits per heavy atom. The Hall–Kier alpha value is -1.38. The first-order valence-corrected chi connectivity index (χ1v) is 4.51. The summed E-state index contributed by atoms with van der Waals surface area (Å²) >= 11 is 0. The van der Waals surface area contributed by atoms with Crippen LogP contribution in [0.3, 0.4) is 0 Å². The molecule has 2 nitrogen and oxygen atoms in total. The highest BCUT2D eigenvalue weighted by Gasteiger charge is 2.02. The van der Waals surface area contributed by atoms with E-state index in [4.69, 9.17) is 5.11 Å². The van der Waals surface area contributed by atoms with Crippen molar-refractivity contribution in [3.05, 3.63) is 35.4 Å². The first-order valence-electron chi connectivity index (χ1n) is 4.51. The van der Waals surface area contributed by atoms with Gasteiger partial charge < -0.3 is 5.11 Å². The van der Waals surface area contributed by atoms with Crippen molar-refractivity contribution in [3.8, 4) is 0 Å². The van der Waals surface area contributed by atoms with Gasteiger partial charge in [0.25, 0.3) is 0 Å².